The number of hydrogen-bond donors (Lipinski definition) is 1. The number of carbonyl (C=O) groups excluding carboxylic acids is 1. The Morgan fingerprint density at radius 3 is 2.46 bits per heavy atom. The van der Waals surface area contributed by atoms with Crippen LogP contribution in [-0.2, 0) is 6.42 Å². The molecule has 2 heterocycles. The van der Waals surface area contributed by atoms with Crippen molar-refractivity contribution in [1.82, 2.24) is 24.9 Å². The summed E-state index contributed by atoms with van der Waals surface area (Å²) < 4.78 is 1.68. The van der Waals surface area contributed by atoms with Crippen molar-refractivity contribution in [1.29, 1.82) is 0 Å². The Morgan fingerprint density at radius 1 is 1.04 bits per heavy atom. The molecule has 0 saturated heterocycles. The van der Waals surface area contributed by atoms with Gasteiger partial charge in [-0.1, -0.05) is 17.2 Å². The Labute approximate surface area is 141 Å². The number of benzene rings is 1. The molecule has 6 nitrogen and oxygen atoms in total. The van der Waals surface area contributed by atoms with Crippen LogP contribution in [0.25, 0.3) is 5.78 Å². The summed E-state index contributed by atoms with van der Waals surface area (Å²) in [6, 6.07) is 5.84. The normalized spacial score (nSPS) is 11.0. The van der Waals surface area contributed by atoms with Gasteiger partial charge in [-0.3, -0.25) is 4.79 Å². The van der Waals surface area contributed by atoms with E-state index < -0.39 is 0 Å². The maximum atomic E-state index is 12.2. The number of aromatic nitrogens is 4. The van der Waals surface area contributed by atoms with E-state index in [4.69, 9.17) is 0 Å². The number of fused-ring (bicyclic) bond motifs is 1. The number of imidazole rings is 1. The third-order valence-electron chi connectivity index (χ3n) is 3.92. The van der Waals surface area contributed by atoms with Crippen LogP contribution < -0.4 is 5.32 Å². The molecule has 0 radical (unpaired) electrons. The molecule has 0 saturated carbocycles. The van der Waals surface area contributed by atoms with Crippen molar-refractivity contribution in [3.63, 3.8) is 0 Å². The highest BCUT2D eigenvalue weighted by Gasteiger charge is 2.09. The predicted molar refractivity (Wildman–Crippen MR) is 92.2 cm³/mol. The molecule has 24 heavy (non-hydrogen) atoms. The van der Waals surface area contributed by atoms with E-state index in [0.717, 1.165) is 28.2 Å². The van der Waals surface area contributed by atoms with E-state index in [2.05, 4.69) is 26.4 Å². The van der Waals surface area contributed by atoms with Crippen LogP contribution in [0.15, 0.2) is 24.4 Å². The van der Waals surface area contributed by atoms with E-state index in [0.29, 0.717) is 24.3 Å². The maximum Gasteiger partial charge on any atom is 0.251 e. The SMILES string of the molecule is Cc1cc(C)cc(C(=O)NCCc2cn3nc(C)c(C)nc3n2)c1. The van der Waals surface area contributed by atoms with Gasteiger partial charge in [0, 0.05) is 18.5 Å². The number of aryl methyl sites for hydroxylation is 4. The molecule has 1 amide bonds. The van der Waals surface area contributed by atoms with Crippen molar-refractivity contribution in [3.05, 3.63) is 58.2 Å². The van der Waals surface area contributed by atoms with E-state index in [1.807, 2.05) is 46.0 Å². The van der Waals surface area contributed by atoms with E-state index in [-0.39, 0.29) is 5.91 Å². The molecule has 0 bridgehead atoms. The lowest BCUT2D eigenvalue weighted by atomic mass is 10.1. The van der Waals surface area contributed by atoms with Crippen molar-refractivity contribution >= 4 is 11.7 Å². The maximum absolute atomic E-state index is 12.2. The van der Waals surface area contributed by atoms with E-state index in [1.165, 1.54) is 0 Å². The Morgan fingerprint density at radius 2 is 1.75 bits per heavy atom. The van der Waals surface area contributed by atoms with Gasteiger partial charge in [-0.05, 0) is 39.8 Å². The van der Waals surface area contributed by atoms with Gasteiger partial charge in [0.1, 0.15) is 0 Å². The summed E-state index contributed by atoms with van der Waals surface area (Å²) in [5, 5.41) is 7.35. The van der Waals surface area contributed by atoms with Gasteiger partial charge in [-0.2, -0.15) is 5.10 Å². The molecule has 0 aliphatic heterocycles. The molecular weight excluding hydrogens is 302 g/mol. The average Bonchev–Trinajstić information content (AvgIpc) is 2.88. The second kappa shape index (κ2) is 6.39. The molecule has 0 unspecified atom stereocenters. The zero-order chi connectivity index (χ0) is 17.3. The number of hydrogen-bond acceptors (Lipinski definition) is 4. The third-order valence-corrected chi connectivity index (χ3v) is 3.92. The number of nitrogens with one attached hydrogen (secondary N) is 1. The van der Waals surface area contributed by atoms with Crippen LogP contribution in [0, 0.1) is 27.7 Å². The minimum atomic E-state index is -0.0616. The fourth-order valence-corrected chi connectivity index (χ4v) is 2.65. The molecule has 0 aliphatic carbocycles. The van der Waals surface area contributed by atoms with Crippen molar-refractivity contribution in [3.8, 4) is 0 Å². The molecule has 3 rings (SSSR count). The quantitative estimate of drug-likeness (QED) is 0.800. The first kappa shape index (κ1) is 16.1. The van der Waals surface area contributed by atoms with Crippen LogP contribution in [0.1, 0.15) is 38.6 Å². The topological polar surface area (TPSA) is 72.2 Å². The summed E-state index contributed by atoms with van der Waals surface area (Å²) in [6.45, 7) is 8.34. The van der Waals surface area contributed by atoms with Crippen LogP contribution in [0.2, 0.25) is 0 Å². The Balaban J connectivity index is 1.64. The molecule has 0 aliphatic rings. The molecular formula is C18H21N5O. The minimum absolute atomic E-state index is 0.0616. The Hall–Kier alpha value is -2.76. The molecule has 124 valence electrons. The fourth-order valence-electron chi connectivity index (χ4n) is 2.65. The first-order valence-corrected chi connectivity index (χ1v) is 7.98. The number of amides is 1. The van der Waals surface area contributed by atoms with Crippen molar-refractivity contribution in [2.75, 3.05) is 6.54 Å². The highest BCUT2D eigenvalue weighted by molar-refractivity contribution is 5.94. The second-order valence-electron chi connectivity index (χ2n) is 6.14. The van der Waals surface area contributed by atoms with Gasteiger partial charge < -0.3 is 5.32 Å². The van der Waals surface area contributed by atoms with E-state index in [1.54, 1.807) is 4.52 Å². The van der Waals surface area contributed by atoms with Crippen LogP contribution >= 0.6 is 0 Å². The van der Waals surface area contributed by atoms with Crippen LogP contribution in [-0.4, -0.2) is 32.0 Å². The lowest BCUT2D eigenvalue weighted by molar-refractivity contribution is 0.0954. The Bertz CT molecular complexity index is 854. The highest BCUT2D eigenvalue weighted by atomic mass is 16.1. The Kier molecular flexibility index (Phi) is 4.29. The molecule has 6 heteroatoms. The standard InChI is InChI=1S/C18H21N5O/c1-11-7-12(2)9-15(8-11)17(24)19-6-5-16-10-23-18(21-16)20-13(3)14(4)22-23/h7-10H,5-6H2,1-4H3,(H,19,24). The van der Waals surface area contributed by atoms with Gasteiger partial charge >= 0.3 is 0 Å². The van der Waals surface area contributed by atoms with Gasteiger partial charge in [-0.15, -0.1) is 0 Å². The molecule has 1 N–H and O–H groups in total. The molecule has 0 fully saturated rings. The summed E-state index contributed by atoms with van der Waals surface area (Å²) in [5.74, 6) is 0.530. The monoisotopic (exact) mass is 323 g/mol. The van der Waals surface area contributed by atoms with Gasteiger partial charge in [0.25, 0.3) is 11.7 Å². The van der Waals surface area contributed by atoms with E-state index >= 15 is 0 Å². The molecule has 1 aromatic carbocycles. The predicted octanol–water partition coefficient (Wildman–Crippen LogP) is 2.33. The van der Waals surface area contributed by atoms with Crippen molar-refractivity contribution < 1.29 is 4.79 Å². The zero-order valence-electron chi connectivity index (χ0n) is 14.4. The van der Waals surface area contributed by atoms with Gasteiger partial charge in [0.15, 0.2) is 0 Å². The largest absolute Gasteiger partial charge is 0.352 e. The minimum Gasteiger partial charge on any atom is -0.352 e. The fraction of sp³-hybridized carbons (Fsp3) is 0.333. The first-order valence-electron chi connectivity index (χ1n) is 7.98. The zero-order valence-corrected chi connectivity index (χ0v) is 14.4. The average molecular weight is 323 g/mol. The summed E-state index contributed by atoms with van der Waals surface area (Å²) in [4.78, 5) is 21.1. The summed E-state index contributed by atoms with van der Waals surface area (Å²) >= 11 is 0. The van der Waals surface area contributed by atoms with Gasteiger partial charge in [0.05, 0.1) is 23.3 Å². The summed E-state index contributed by atoms with van der Waals surface area (Å²) in [7, 11) is 0. The van der Waals surface area contributed by atoms with Crippen LogP contribution in [0.4, 0.5) is 0 Å². The van der Waals surface area contributed by atoms with Gasteiger partial charge in [-0.25, -0.2) is 14.5 Å². The molecule has 0 atom stereocenters. The van der Waals surface area contributed by atoms with Gasteiger partial charge in [0.2, 0.25) is 0 Å². The van der Waals surface area contributed by atoms with E-state index in [9.17, 15) is 4.79 Å². The number of rotatable bonds is 4. The van der Waals surface area contributed by atoms with Crippen LogP contribution in [0.5, 0.6) is 0 Å². The highest BCUT2D eigenvalue weighted by Crippen LogP contribution is 2.09. The lowest BCUT2D eigenvalue weighted by Crippen LogP contribution is -2.25. The molecule has 2 aromatic heterocycles. The smallest absolute Gasteiger partial charge is 0.251 e. The molecule has 3 aromatic rings. The first-order chi connectivity index (χ1) is 11.4. The van der Waals surface area contributed by atoms with Crippen molar-refractivity contribution in [2.45, 2.75) is 34.1 Å². The second-order valence-corrected chi connectivity index (χ2v) is 6.14. The number of carbonyl (C=O) groups is 1. The summed E-state index contributed by atoms with van der Waals surface area (Å²) in [5.41, 5.74) is 5.49. The lowest BCUT2D eigenvalue weighted by Gasteiger charge is -2.06. The summed E-state index contributed by atoms with van der Waals surface area (Å²) in [6.07, 6.45) is 2.50. The van der Waals surface area contributed by atoms with Crippen molar-refractivity contribution in [2.24, 2.45) is 0 Å². The van der Waals surface area contributed by atoms with Crippen LogP contribution in [0.3, 0.4) is 0 Å². The molecule has 0 spiro atoms. The third kappa shape index (κ3) is 3.42. The number of nitrogens with zero attached hydrogens (tertiary/aromatic N) is 4.